The molecule has 0 aromatic heterocycles. The Kier molecular flexibility index (Phi) is 8.08. The lowest BCUT2D eigenvalue weighted by Crippen LogP contribution is -2.16. The molecule has 0 fully saturated rings. The monoisotopic (exact) mass is 844 g/mol. The third kappa shape index (κ3) is 5.58. The molecule has 3 aliphatic carbocycles. The molecule has 316 valence electrons. The predicted molar refractivity (Wildman–Crippen MR) is 281 cm³/mol. The van der Waals surface area contributed by atoms with Crippen LogP contribution in [0, 0.1) is 6.92 Å². The maximum absolute atomic E-state index is 2.48. The van der Waals surface area contributed by atoms with Crippen molar-refractivity contribution in [1.29, 1.82) is 0 Å². The summed E-state index contributed by atoms with van der Waals surface area (Å²) >= 11 is 0. The number of benzene rings is 10. The Morgan fingerprint density at radius 2 is 0.561 bits per heavy atom. The fourth-order valence-electron chi connectivity index (χ4n) is 12.3. The van der Waals surface area contributed by atoms with Crippen LogP contribution in [0.5, 0.6) is 0 Å². The minimum absolute atomic E-state index is 0.0218. The van der Waals surface area contributed by atoms with Gasteiger partial charge in [-0.2, -0.15) is 0 Å². The molecule has 0 saturated carbocycles. The van der Waals surface area contributed by atoms with E-state index in [1.54, 1.807) is 0 Å². The molecule has 10 aromatic carbocycles. The molecule has 0 saturated heterocycles. The lowest BCUT2D eigenvalue weighted by Gasteiger charge is -2.24. The number of aryl methyl sites for hydroxylation is 1. The highest BCUT2D eigenvalue weighted by Crippen LogP contribution is 2.54. The van der Waals surface area contributed by atoms with Crippen LogP contribution in [0.15, 0.2) is 188 Å². The van der Waals surface area contributed by atoms with E-state index < -0.39 is 0 Å². The Morgan fingerprint density at radius 1 is 0.227 bits per heavy atom. The summed E-state index contributed by atoms with van der Waals surface area (Å²) in [7, 11) is 0. The molecule has 10 aromatic rings. The molecule has 0 N–H and O–H groups in total. The van der Waals surface area contributed by atoms with E-state index in [1.165, 1.54) is 138 Å². The van der Waals surface area contributed by atoms with Crippen molar-refractivity contribution in [2.45, 2.75) is 64.7 Å². The fourth-order valence-corrected chi connectivity index (χ4v) is 12.3. The van der Waals surface area contributed by atoms with Crippen molar-refractivity contribution >= 4 is 21.5 Å². The average molecular weight is 845 g/mol. The van der Waals surface area contributed by atoms with Crippen LogP contribution in [-0.2, 0) is 16.2 Å². The van der Waals surface area contributed by atoms with Crippen molar-refractivity contribution in [3.63, 3.8) is 0 Å². The molecule has 0 atom stereocenters. The Morgan fingerprint density at radius 3 is 1.08 bits per heavy atom. The Hall–Kier alpha value is -7.28. The Labute approximate surface area is 389 Å². The van der Waals surface area contributed by atoms with Crippen molar-refractivity contribution in [3.05, 3.63) is 227 Å². The lowest BCUT2D eigenvalue weighted by atomic mass is 9.79. The molecule has 0 unspecified atom stereocenters. The number of hydrogen-bond acceptors (Lipinski definition) is 0. The third-order valence-electron chi connectivity index (χ3n) is 16.2. The molecular weight excluding hydrogens is 793 g/mol. The van der Waals surface area contributed by atoms with E-state index in [0.717, 1.165) is 0 Å². The molecular formula is C66H52. The highest BCUT2D eigenvalue weighted by molar-refractivity contribution is 5.95. The summed E-state index contributed by atoms with van der Waals surface area (Å²) in [6, 6.07) is 71.9. The fraction of sp³-hybridized carbons (Fsp3) is 0.152. The Balaban J connectivity index is 0.798. The lowest BCUT2D eigenvalue weighted by molar-refractivity contribution is 0.659. The molecule has 0 spiro atoms. The quantitative estimate of drug-likeness (QED) is 0.166. The molecule has 3 aliphatic rings. The minimum Gasteiger partial charge on any atom is -0.0619 e. The third-order valence-corrected chi connectivity index (χ3v) is 16.2. The van der Waals surface area contributed by atoms with Crippen LogP contribution in [0.25, 0.3) is 99.4 Å². The zero-order chi connectivity index (χ0) is 44.9. The minimum atomic E-state index is -0.144. The van der Waals surface area contributed by atoms with Gasteiger partial charge < -0.3 is 0 Å². The summed E-state index contributed by atoms with van der Waals surface area (Å²) in [6.07, 6.45) is 0. The summed E-state index contributed by atoms with van der Waals surface area (Å²) in [5.41, 5.74) is 27.8. The normalized spacial score (nSPS) is 15.3. The van der Waals surface area contributed by atoms with Gasteiger partial charge in [0.1, 0.15) is 0 Å². The van der Waals surface area contributed by atoms with Gasteiger partial charge in [0.15, 0.2) is 0 Å². The van der Waals surface area contributed by atoms with Gasteiger partial charge >= 0.3 is 0 Å². The molecule has 0 aliphatic heterocycles. The zero-order valence-electron chi connectivity index (χ0n) is 38.9. The summed E-state index contributed by atoms with van der Waals surface area (Å²) in [5.74, 6) is 0. The smallest absolute Gasteiger partial charge is 0.0159 e. The number of rotatable bonds is 4. The standard InChI is InChI=1S/C66H52/c1-39-30-50-32-43(42-17-16-40-12-8-9-13-41(40)31-42)18-19-44(50)33-57(39)49-24-29-56-55-28-23-48(37-62(55)66(6,7)63(56)38-49)47-22-27-54-53-26-21-46(35-60(53)65(4,5)61(54)36-47)45-20-25-52-51-14-10-11-15-58(51)64(2,3)59(52)34-45/h8-38H,1-7H3. The molecule has 66 heavy (non-hydrogen) atoms. The summed E-state index contributed by atoms with van der Waals surface area (Å²) in [6.45, 7) is 16.6. The number of hydrogen-bond donors (Lipinski definition) is 0. The highest BCUT2D eigenvalue weighted by Gasteiger charge is 2.39. The van der Waals surface area contributed by atoms with Crippen molar-refractivity contribution in [2.75, 3.05) is 0 Å². The van der Waals surface area contributed by atoms with Crippen molar-refractivity contribution in [2.24, 2.45) is 0 Å². The average Bonchev–Trinajstić information content (AvgIpc) is 3.81. The van der Waals surface area contributed by atoms with Crippen LogP contribution in [0.4, 0.5) is 0 Å². The van der Waals surface area contributed by atoms with E-state index in [2.05, 4.69) is 237 Å². The topological polar surface area (TPSA) is 0 Å². The van der Waals surface area contributed by atoms with Crippen molar-refractivity contribution < 1.29 is 0 Å². The largest absolute Gasteiger partial charge is 0.0619 e. The van der Waals surface area contributed by atoms with Crippen LogP contribution in [-0.4, -0.2) is 0 Å². The van der Waals surface area contributed by atoms with E-state index in [1.807, 2.05) is 0 Å². The second-order valence-electron chi connectivity index (χ2n) is 21.0. The second kappa shape index (κ2) is 13.6. The SMILES string of the molecule is Cc1cc2cc(-c3ccc4ccccc4c3)ccc2cc1-c1ccc2c(c1)C(C)(C)c1cc(-c3ccc4c(c3)C(C)(C)c3cc(-c5ccc6c(c5)C(C)(C)c5ccccc5-6)ccc3-4)ccc1-2. The first-order chi connectivity index (χ1) is 31.8. The van der Waals surface area contributed by atoms with E-state index in [-0.39, 0.29) is 16.2 Å². The molecule has 0 nitrogen and oxygen atoms in total. The first-order valence-corrected chi connectivity index (χ1v) is 23.7. The molecule has 0 amide bonds. The predicted octanol–water partition coefficient (Wildman–Crippen LogP) is 17.9. The van der Waals surface area contributed by atoms with Gasteiger partial charge in [-0.1, -0.05) is 181 Å². The molecule has 0 bridgehead atoms. The Bertz CT molecular complexity index is 3740. The first-order valence-electron chi connectivity index (χ1n) is 23.7. The first kappa shape index (κ1) is 39.1. The van der Waals surface area contributed by atoms with Gasteiger partial charge in [0.25, 0.3) is 0 Å². The van der Waals surface area contributed by atoms with Gasteiger partial charge in [-0.15, -0.1) is 0 Å². The molecule has 0 radical (unpaired) electrons. The van der Waals surface area contributed by atoms with Gasteiger partial charge in [0, 0.05) is 16.2 Å². The molecule has 13 rings (SSSR count). The van der Waals surface area contributed by atoms with Crippen LogP contribution in [0.2, 0.25) is 0 Å². The van der Waals surface area contributed by atoms with Gasteiger partial charge in [0.2, 0.25) is 0 Å². The number of fused-ring (bicyclic) bond motifs is 11. The summed E-state index contributed by atoms with van der Waals surface area (Å²) in [4.78, 5) is 0. The van der Waals surface area contributed by atoms with Crippen molar-refractivity contribution in [3.8, 4) is 77.9 Å². The highest BCUT2D eigenvalue weighted by atomic mass is 14.4. The van der Waals surface area contributed by atoms with Gasteiger partial charge in [0.05, 0.1) is 0 Å². The van der Waals surface area contributed by atoms with E-state index >= 15 is 0 Å². The molecule has 0 heteroatoms. The van der Waals surface area contributed by atoms with Crippen LogP contribution in [0.1, 0.15) is 80.5 Å². The summed E-state index contributed by atoms with van der Waals surface area (Å²) in [5, 5.41) is 5.09. The van der Waals surface area contributed by atoms with E-state index in [9.17, 15) is 0 Å². The van der Waals surface area contributed by atoms with Crippen LogP contribution >= 0.6 is 0 Å². The maximum atomic E-state index is 2.48. The van der Waals surface area contributed by atoms with E-state index in [4.69, 9.17) is 0 Å². The van der Waals surface area contributed by atoms with E-state index in [0.29, 0.717) is 0 Å². The summed E-state index contributed by atoms with van der Waals surface area (Å²) < 4.78 is 0. The van der Waals surface area contributed by atoms with Gasteiger partial charge in [-0.05, 0) is 194 Å². The van der Waals surface area contributed by atoms with Crippen molar-refractivity contribution in [1.82, 2.24) is 0 Å². The zero-order valence-corrected chi connectivity index (χ0v) is 38.9. The van der Waals surface area contributed by atoms with Crippen LogP contribution < -0.4 is 0 Å². The van der Waals surface area contributed by atoms with Gasteiger partial charge in [-0.3, -0.25) is 0 Å². The maximum Gasteiger partial charge on any atom is 0.0159 e. The molecule has 0 heterocycles. The second-order valence-corrected chi connectivity index (χ2v) is 21.0. The van der Waals surface area contributed by atoms with Crippen LogP contribution in [0.3, 0.4) is 0 Å². The van der Waals surface area contributed by atoms with Gasteiger partial charge in [-0.25, -0.2) is 0 Å².